The first-order chi connectivity index (χ1) is 20.4. The van der Waals surface area contributed by atoms with Gasteiger partial charge in [0.1, 0.15) is 23.8 Å². The van der Waals surface area contributed by atoms with Crippen LogP contribution in [0.25, 0.3) is 0 Å². The first kappa shape index (κ1) is 29.6. The number of nitrogens with zero attached hydrogens (tertiary/aromatic N) is 5. The molecule has 6 rings (SSSR count). The van der Waals surface area contributed by atoms with Crippen molar-refractivity contribution in [2.45, 2.75) is 95.9 Å². The average molecular weight is 596 g/mol. The summed E-state index contributed by atoms with van der Waals surface area (Å²) >= 11 is 0. The van der Waals surface area contributed by atoms with Crippen molar-refractivity contribution in [1.29, 1.82) is 0 Å². The number of halogens is 3. The molecule has 11 heteroatoms. The van der Waals surface area contributed by atoms with Crippen LogP contribution >= 0.6 is 0 Å². The molecule has 43 heavy (non-hydrogen) atoms. The van der Waals surface area contributed by atoms with Gasteiger partial charge in [-0.2, -0.15) is 13.2 Å². The highest BCUT2D eigenvalue weighted by Gasteiger charge is 2.43. The van der Waals surface area contributed by atoms with E-state index in [1.54, 1.807) is 12.4 Å². The second kappa shape index (κ2) is 10.9. The number of hydrogen-bond acceptors (Lipinski definition) is 6. The minimum atomic E-state index is -4.58. The maximum atomic E-state index is 14.4. The number of benzene rings is 1. The number of amides is 1. The molecule has 0 radical (unpaired) electrons. The predicted octanol–water partition coefficient (Wildman–Crippen LogP) is 6.15. The number of alkyl halides is 3. The number of fused-ring (bicyclic) bond motifs is 1. The Morgan fingerprint density at radius 3 is 2.40 bits per heavy atom. The zero-order chi connectivity index (χ0) is 30.6. The van der Waals surface area contributed by atoms with Crippen LogP contribution in [0.1, 0.15) is 97.7 Å². The number of rotatable bonds is 10. The average Bonchev–Trinajstić information content (AvgIpc) is 3.48. The van der Waals surface area contributed by atoms with Crippen LogP contribution in [0.15, 0.2) is 30.6 Å². The third-order valence-electron chi connectivity index (χ3n) is 9.59. The van der Waals surface area contributed by atoms with E-state index in [1.807, 2.05) is 23.7 Å². The molecule has 8 nitrogen and oxygen atoms in total. The second-order valence-corrected chi connectivity index (χ2v) is 13.4. The fraction of sp³-hybridized carbons (Fsp3) is 0.562. The van der Waals surface area contributed by atoms with Crippen molar-refractivity contribution in [3.8, 4) is 0 Å². The van der Waals surface area contributed by atoms with Crippen molar-refractivity contribution in [3.63, 3.8) is 0 Å². The molecule has 3 aromatic rings. The van der Waals surface area contributed by atoms with Crippen molar-refractivity contribution >= 4 is 17.5 Å². The fourth-order valence-electron chi connectivity index (χ4n) is 6.51. The Balaban J connectivity index is 1.36. The van der Waals surface area contributed by atoms with Gasteiger partial charge in [0.05, 0.1) is 12.1 Å². The third kappa shape index (κ3) is 5.75. The van der Waals surface area contributed by atoms with Gasteiger partial charge in [0.2, 0.25) is 0 Å². The van der Waals surface area contributed by atoms with Crippen LogP contribution in [-0.2, 0) is 38.1 Å². The standard InChI is InChI=1S/C32H40F3N7O/c1-20(2)16-36-26-13-22(31(9-6-10-31)15-28-40-38-19-41(28)4)14-27(39-26)42-18-24-23(29(42)43)11-21(12-25(24)32(33,34)35)17-37-30(3)7-5-8-30/h11-14,19-20,37H,5-10,15-18H2,1-4H3,(H,36,39). The van der Waals surface area contributed by atoms with Gasteiger partial charge in [-0.05, 0) is 85.9 Å². The predicted molar refractivity (Wildman–Crippen MR) is 159 cm³/mol. The zero-order valence-corrected chi connectivity index (χ0v) is 25.3. The maximum Gasteiger partial charge on any atom is 0.416 e. The number of aryl methyl sites for hydroxylation is 1. The molecule has 1 aromatic carbocycles. The molecule has 2 saturated carbocycles. The van der Waals surface area contributed by atoms with E-state index in [2.05, 4.69) is 41.6 Å². The first-order valence-electron chi connectivity index (χ1n) is 15.3. The van der Waals surface area contributed by atoms with E-state index in [0.29, 0.717) is 36.1 Å². The van der Waals surface area contributed by atoms with Crippen molar-refractivity contribution in [3.05, 3.63) is 64.2 Å². The van der Waals surface area contributed by atoms with Gasteiger partial charge in [-0.1, -0.05) is 20.3 Å². The summed E-state index contributed by atoms with van der Waals surface area (Å²) in [5, 5.41) is 15.2. The molecule has 2 N–H and O–H groups in total. The minimum Gasteiger partial charge on any atom is -0.370 e. The van der Waals surface area contributed by atoms with Gasteiger partial charge >= 0.3 is 6.18 Å². The number of anilines is 2. The van der Waals surface area contributed by atoms with Gasteiger partial charge in [-0.25, -0.2) is 4.98 Å². The summed E-state index contributed by atoms with van der Waals surface area (Å²) in [7, 11) is 1.92. The van der Waals surface area contributed by atoms with Gasteiger partial charge in [0.25, 0.3) is 5.91 Å². The molecule has 0 spiro atoms. The molecule has 1 aliphatic heterocycles. The normalized spacial score (nSPS) is 18.9. The third-order valence-corrected chi connectivity index (χ3v) is 9.59. The van der Waals surface area contributed by atoms with Crippen LogP contribution in [0, 0.1) is 5.92 Å². The minimum absolute atomic E-state index is 0.0115. The van der Waals surface area contributed by atoms with Crippen molar-refractivity contribution in [2.24, 2.45) is 13.0 Å². The Kier molecular flexibility index (Phi) is 7.51. The van der Waals surface area contributed by atoms with Gasteiger partial charge < -0.3 is 15.2 Å². The maximum absolute atomic E-state index is 14.4. The quantitative estimate of drug-likeness (QED) is 0.292. The number of carbonyl (C=O) groups excluding carboxylic acids is 1. The second-order valence-electron chi connectivity index (χ2n) is 13.4. The lowest BCUT2D eigenvalue weighted by Crippen LogP contribution is -2.47. The lowest BCUT2D eigenvalue weighted by molar-refractivity contribution is -0.138. The van der Waals surface area contributed by atoms with Gasteiger partial charge in [-0.15, -0.1) is 10.2 Å². The number of carbonyl (C=O) groups is 1. The highest BCUT2D eigenvalue weighted by molar-refractivity contribution is 6.10. The number of hydrogen-bond donors (Lipinski definition) is 2. The molecule has 0 bridgehead atoms. The largest absolute Gasteiger partial charge is 0.416 e. The van der Waals surface area contributed by atoms with E-state index in [1.165, 1.54) is 11.0 Å². The molecule has 0 atom stereocenters. The topological polar surface area (TPSA) is 88.0 Å². The van der Waals surface area contributed by atoms with E-state index < -0.39 is 17.6 Å². The number of aromatic nitrogens is 4. The number of pyridine rings is 1. The smallest absolute Gasteiger partial charge is 0.370 e. The summed E-state index contributed by atoms with van der Waals surface area (Å²) in [5.74, 6) is 1.75. The van der Waals surface area contributed by atoms with Gasteiger partial charge in [-0.3, -0.25) is 9.69 Å². The Hall–Kier alpha value is -3.47. The molecule has 2 aromatic heterocycles. The summed E-state index contributed by atoms with van der Waals surface area (Å²) in [6.45, 7) is 7.05. The molecule has 3 aliphatic rings. The fourth-order valence-corrected chi connectivity index (χ4v) is 6.51. The van der Waals surface area contributed by atoms with Crippen molar-refractivity contribution < 1.29 is 18.0 Å². The van der Waals surface area contributed by atoms with Crippen LogP contribution < -0.4 is 15.5 Å². The van der Waals surface area contributed by atoms with E-state index in [9.17, 15) is 18.0 Å². The summed E-state index contributed by atoms with van der Waals surface area (Å²) in [5.41, 5.74) is 0.562. The Morgan fingerprint density at radius 2 is 1.81 bits per heavy atom. The van der Waals surface area contributed by atoms with Crippen LogP contribution in [-0.4, -0.2) is 37.7 Å². The van der Waals surface area contributed by atoms with Crippen LogP contribution in [0.5, 0.6) is 0 Å². The molecule has 230 valence electrons. The monoisotopic (exact) mass is 595 g/mol. The lowest BCUT2D eigenvalue weighted by Gasteiger charge is -2.42. The van der Waals surface area contributed by atoms with Crippen molar-refractivity contribution in [1.82, 2.24) is 25.1 Å². The van der Waals surface area contributed by atoms with E-state index in [-0.39, 0.29) is 35.2 Å². The molecule has 2 aliphatic carbocycles. The Morgan fingerprint density at radius 1 is 1.07 bits per heavy atom. The lowest BCUT2D eigenvalue weighted by atomic mass is 9.62. The highest BCUT2D eigenvalue weighted by Crippen LogP contribution is 2.48. The Bertz CT molecular complexity index is 1520. The first-order valence-corrected chi connectivity index (χ1v) is 15.3. The van der Waals surface area contributed by atoms with E-state index in [0.717, 1.165) is 49.9 Å². The SMILES string of the molecule is CC(C)CNc1cc(C2(Cc3nncn3C)CCC2)cc(N2Cc3c(cc(CNC4(C)CCC4)cc3C(F)(F)F)C2=O)n1. The number of nitrogens with one attached hydrogen (secondary N) is 2. The molecular formula is C32H40F3N7O. The summed E-state index contributed by atoms with van der Waals surface area (Å²) in [6.07, 6.45) is 3.81. The van der Waals surface area contributed by atoms with Crippen LogP contribution in [0.2, 0.25) is 0 Å². The molecule has 0 saturated heterocycles. The summed E-state index contributed by atoms with van der Waals surface area (Å²) in [4.78, 5) is 20.1. The van der Waals surface area contributed by atoms with Gasteiger partial charge in [0, 0.05) is 43.1 Å². The van der Waals surface area contributed by atoms with Crippen molar-refractivity contribution in [2.75, 3.05) is 16.8 Å². The summed E-state index contributed by atoms with van der Waals surface area (Å²) < 4.78 is 45.0. The molecular weight excluding hydrogens is 555 g/mol. The highest BCUT2D eigenvalue weighted by atomic mass is 19.4. The molecule has 0 unspecified atom stereocenters. The molecule has 2 fully saturated rings. The van der Waals surface area contributed by atoms with E-state index >= 15 is 0 Å². The van der Waals surface area contributed by atoms with Crippen LogP contribution in [0.3, 0.4) is 0 Å². The van der Waals surface area contributed by atoms with Crippen LogP contribution in [0.4, 0.5) is 24.8 Å². The Labute approximate surface area is 250 Å². The van der Waals surface area contributed by atoms with Gasteiger partial charge in [0.15, 0.2) is 0 Å². The summed E-state index contributed by atoms with van der Waals surface area (Å²) in [6, 6.07) is 6.76. The molecule has 3 heterocycles. The zero-order valence-electron chi connectivity index (χ0n) is 25.3. The van der Waals surface area contributed by atoms with E-state index in [4.69, 9.17) is 4.98 Å². The molecule has 1 amide bonds.